The largest absolute Gasteiger partial charge is 0.408 e. The zero-order valence-corrected chi connectivity index (χ0v) is 14.4. The molecule has 2 aromatic heterocycles. The number of amides is 1. The number of halogens is 1. The van der Waals surface area contributed by atoms with Gasteiger partial charge in [-0.25, -0.2) is 0 Å². The highest BCUT2D eigenvalue weighted by atomic mass is 35.5. The lowest BCUT2D eigenvalue weighted by Crippen LogP contribution is -2.27. The second-order valence-electron chi connectivity index (χ2n) is 5.36. The van der Waals surface area contributed by atoms with Gasteiger partial charge in [0.05, 0.1) is 30.1 Å². The summed E-state index contributed by atoms with van der Waals surface area (Å²) in [5, 5.41) is 21.5. The number of aryl methyl sites for hydroxylation is 2. The molecule has 0 aliphatic rings. The lowest BCUT2D eigenvalue weighted by molar-refractivity contribution is -0.389. The van der Waals surface area contributed by atoms with Crippen molar-refractivity contribution in [3.8, 4) is 0 Å². The first-order valence-electron chi connectivity index (χ1n) is 7.52. The second-order valence-corrected chi connectivity index (χ2v) is 5.77. The van der Waals surface area contributed by atoms with E-state index in [0.29, 0.717) is 0 Å². The molecule has 0 radical (unpaired) electrons. The molecule has 2 rings (SSSR count). The Bertz CT molecular complexity index is 754. The molecule has 2 heterocycles. The molecule has 0 aliphatic heterocycles. The van der Waals surface area contributed by atoms with E-state index in [1.54, 1.807) is 6.20 Å². The fourth-order valence-corrected chi connectivity index (χ4v) is 2.66. The standard InChI is InChI=1S/C14H19ClN6O3/c1-4-20-10(3)11(7-16-20)9(2)17-13(22)5-6-19-8-12(15)14(18-19)21(23)24/h7-9H,4-6H2,1-3H3,(H,17,22). The molecule has 130 valence electrons. The van der Waals surface area contributed by atoms with Crippen LogP contribution < -0.4 is 5.32 Å². The Morgan fingerprint density at radius 1 is 1.54 bits per heavy atom. The van der Waals surface area contributed by atoms with Gasteiger partial charge in [-0.2, -0.15) is 9.78 Å². The van der Waals surface area contributed by atoms with Crippen molar-refractivity contribution in [2.45, 2.75) is 46.3 Å². The molecule has 0 aliphatic carbocycles. The normalized spacial score (nSPS) is 12.2. The maximum atomic E-state index is 12.1. The van der Waals surface area contributed by atoms with Gasteiger partial charge >= 0.3 is 5.82 Å². The van der Waals surface area contributed by atoms with Crippen LogP contribution in [0.2, 0.25) is 5.02 Å². The van der Waals surface area contributed by atoms with E-state index < -0.39 is 10.7 Å². The molecule has 0 spiro atoms. The van der Waals surface area contributed by atoms with Crippen LogP contribution in [0.3, 0.4) is 0 Å². The van der Waals surface area contributed by atoms with Gasteiger partial charge in [0.1, 0.15) is 0 Å². The summed E-state index contributed by atoms with van der Waals surface area (Å²) < 4.78 is 3.16. The van der Waals surface area contributed by atoms with E-state index in [0.717, 1.165) is 17.8 Å². The van der Waals surface area contributed by atoms with Gasteiger partial charge in [-0.3, -0.25) is 9.48 Å². The van der Waals surface area contributed by atoms with Crippen molar-refractivity contribution in [3.05, 3.63) is 38.8 Å². The number of aromatic nitrogens is 4. The first-order valence-corrected chi connectivity index (χ1v) is 7.90. The lowest BCUT2D eigenvalue weighted by Gasteiger charge is -2.13. The average Bonchev–Trinajstić information content (AvgIpc) is 3.07. The molecule has 0 bridgehead atoms. The molecular weight excluding hydrogens is 336 g/mol. The summed E-state index contributed by atoms with van der Waals surface area (Å²) in [4.78, 5) is 22.1. The summed E-state index contributed by atoms with van der Waals surface area (Å²) in [6.45, 7) is 6.82. The van der Waals surface area contributed by atoms with E-state index in [1.807, 2.05) is 25.5 Å². The van der Waals surface area contributed by atoms with Crippen molar-refractivity contribution in [1.29, 1.82) is 0 Å². The van der Waals surface area contributed by atoms with Gasteiger partial charge in [0, 0.05) is 24.2 Å². The van der Waals surface area contributed by atoms with Gasteiger partial charge in [0.2, 0.25) is 5.91 Å². The van der Waals surface area contributed by atoms with Gasteiger partial charge in [-0.1, -0.05) is 11.6 Å². The number of nitrogens with one attached hydrogen (secondary N) is 1. The lowest BCUT2D eigenvalue weighted by atomic mass is 10.1. The van der Waals surface area contributed by atoms with Crippen LogP contribution in [0, 0.1) is 17.0 Å². The van der Waals surface area contributed by atoms with Crippen molar-refractivity contribution < 1.29 is 9.72 Å². The molecule has 1 atom stereocenters. The molecule has 2 aromatic rings. The third-order valence-corrected chi connectivity index (χ3v) is 3.99. The van der Waals surface area contributed by atoms with Crippen molar-refractivity contribution >= 4 is 23.3 Å². The van der Waals surface area contributed by atoms with Crippen molar-refractivity contribution in [2.75, 3.05) is 0 Å². The van der Waals surface area contributed by atoms with Crippen molar-refractivity contribution in [1.82, 2.24) is 24.9 Å². The highest BCUT2D eigenvalue weighted by molar-refractivity contribution is 6.32. The van der Waals surface area contributed by atoms with E-state index in [4.69, 9.17) is 11.6 Å². The van der Waals surface area contributed by atoms with E-state index in [2.05, 4.69) is 15.5 Å². The Morgan fingerprint density at radius 3 is 2.79 bits per heavy atom. The van der Waals surface area contributed by atoms with Crippen LogP contribution >= 0.6 is 11.6 Å². The van der Waals surface area contributed by atoms with Gasteiger partial charge in [-0.15, -0.1) is 0 Å². The highest BCUT2D eigenvalue weighted by Gasteiger charge is 2.20. The fraction of sp³-hybridized carbons (Fsp3) is 0.500. The highest BCUT2D eigenvalue weighted by Crippen LogP contribution is 2.21. The zero-order valence-electron chi connectivity index (χ0n) is 13.7. The van der Waals surface area contributed by atoms with Gasteiger partial charge in [0.15, 0.2) is 5.02 Å². The van der Waals surface area contributed by atoms with Crippen LogP contribution in [0.15, 0.2) is 12.4 Å². The third kappa shape index (κ3) is 3.91. The molecule has 9 nitrogen and oxygen atoms in total. The van der Waals surface area contributed by atoms with Gasteiger partial charge in [-0.05, 0) is 25.7 Å². The van der Waals surface area contributed by atoms with Gasteiger partial charge in [0.25, 0.3) is 0 Å². The summed E-state index contributed by atoms with van der Waals surface area (Å²) >= 11 is 5.72. The maximum Gasteiger partial charge on any atom is 0.408 e. The molecule has 24 heavy (non-hydrogen) atoms. The predicted octanol–water partition coefficient (Wildman–Crippen LogP) is 2.24. The summed E-state index contributed by atoms with van der Waals surface area (Å²) in [6, 6.07) is -0.173. The first-order chi connectivity index (χ1) is 11.3. The fourth-order valence-electron chi connectivity index (χ4n) is 2.44. The molecule has 1 unspecified atom stereocenters. The molecule has 0 saturated heterocycles. The van der Waals surface area contributed by atoms with Crippen LogP contribution in [-0.2, 0) is 17.9 Å². The molecule has 1 amide bonds. The summed E-state index contributed by atoms with van der Waals surface area (Å²) in [5.74, 6) is -0.589. The van der Waals surface area contributed by atoms with Crippen molar-refractivity contribution in [2.24, 2.45) is 0 Å². The summed E-state index contributed by atoms with van der Waals surface area (Å²) in [7, 11) is 0. The van der Waals surface area contributed by atoms with E-state index in [-0.39, 0.29) is 29.9 Å². The summed E-state index contributed by atoms with van der Waals surface area (Å²) in [5.41, 5.74) is 1.97. The quantitative estimate of drug-likeness (QED) is 0.606. The topological polar surface area (TPSA) is 108 Å². The minimum Gasteiger partial charge on any atom is -0.358 e. The SMILES string of the molecule is CCn1ncc(C(C)NC(=O)CCn2cc(Cl)c([N+](=O)[O-])n2)c1C. The van der Waals surface area contributed by atoms with Crippen LogP contribution in [0.25, 0.3) is 0 Å². The Kier molecular flexibility index (Phi) is 5.55. The Hall–Kier alpha value is -2.42. The van der Waals surface area contributed by atoms with Crippen LogP contribution in [0.1, 0.15) is 37.6 Å². The second kappa shape index (κ2) is 7.43. The number of nitrogens with zero attached hydrogens (tertiary/aromatic N) is 5. The number of carbonyl (C=O) groups excluding carboxylic acids is 1. The van der Waals surface area contributed by atoms with E-state index in [9.17, 15) is 14.9 Å². The minimum atomic E-state index is -0.658. The molecular formula is C14H19ClN6O3. The molecule has 0 saturated carbocycles. The molecule has 1 N–H and O–H groups in total. The number of hydrogen-bond acceptors (Lipinski definition) is 5. The first kappa shape index (κ1) is 17.9. The number of carbonyl (C=O) groups is 1. The summed E-state index contributed by atoms with van der Waals surface area (Å²) in [6.07, 6.45) is 3.23. The maximum absolute atomic E-state index is 12.1. The van der Waals surface area contributed by atoms with Crippen LogP contribution in [0.4, 0.5) is 5.82 Å². The zero-order chi connectivity index (χ0) is 17.9. The van der Waals surface area contributed by atoms with Gasteiger partial charge < -0.3 is 15.4 Å². The predicted molar refractivity (Wildman–Crippen MR) is 87.7 cm³/mol. The van der Waals surface area contributed by atoms with Crippen LogP contribution in [0.5, 0.6) is 0 Å². The van der Waals surface area contributed by atoms with Crippen molar-refractivity contribution in [3.63, 3.8) is 0 Å². The average molecular weight is 355 g/mol. The molecule has 10 heteroatoms. The molecule has 0 aromatic carbocycles. The minimum absolute atomic E-state index is 0.0450. The monoisotopic (exact) mass is 354 g/mol. The van der Waals surface area contributed by atoms with E-state index >= 15 is 0 Å². The third-order valence-electron chi connectivity index (χ3n) is 3.72. The van der Waals surface area contributed by atoms with E-state index in [1.165, 1.54) is 10.9 Å². The number of hydrogen-bond donors (Lipinski definition) is 1. The molecule has 0 fully saturated rings. The Balaban J connectivity index is 1.92. The Labute approximate surface area is 143 Å². The Morgan fingerprint density at radius 2 is 2.25 bits per heavy atom. The number of nitro groups is 1. The smallest absolute Gasteiger partial charge is 0.358 e. The van der Waals surface area contributed by atoms with Crippen LogP contribution in [-0.4, -0.2) is 30.4 Å². The number of rotatable bonds is 7.